The van der Waals surface area contributed by atoms with Gasteiger partial charge < -0.3 is 15.6 Å². The Bertz CT molecular complexity index is 314. The number of epoxide rings is 1. The van der Waals surface area contributed by atoms with Crippen molar-refractivity contribution in [3.05, 3.63) is 41.6 Å². The normalized spacial score (nSPS) is 19.1. The Balaban J connectivity index is 0.000000421. The molecule has 4 heteroatoms. The molecule has 1 heterocycles. The molecule has 2 atom stereocenters. The summed E-state index contributed by atoms with van der Waals surface area (Å²) in [6, 6.07) is 10.1. The minimum atomic E-state index is -0.500. The molecule has 0 amide bonds. The van der Waals surface area contributed by atoms with Crippen molar-refractivity contribution in [3.63, 3.8) is 0 Å². The zero-order chi connectivity index (χ0) is 12.9. The zero-order valence-electron chi connectivity index (χ0n) is 11.8. The van der Waals surface area contributed by atoms with E-state index in [0.717, 1.165) is 13.0 Å². The van der Waals surface area contributed by atoms with Gasteiger partial charge in [-0.1, -0.05) is 30.3 Å². The van der Waals surface area contributed by atoms with Gasteiger partial charge in [0.05, 0.1) is 18.3 Å². The summed E-state index contributed by atoms with van der Waals surface area (Å²) >= 11 is 0. The Hall–Kier alpha value is 0.736. The molecule has 2 unspecified atom stereocenters. The first-order valence-corrected chi connectivity index (χ1v) is 5.95. The van der Waals surface area contributed by atoms with Crippen LogP contribution in [0.5, 0.6) is 0 Å². The Morgan fingerprint density at radius 1 is 1.33 bits per heavy atom. The average molecular weight is 275 g/mol. The molecular weight excluding hydrogens is 253 g/mol. The fourth-order valence-electron chi connectivity index (χ4n) is 1.29. The first kappa shape index (κ1) is 18.7. The zero-order valence-corrected chi connectivity index (χ0v) is 14.9. The second-order valence-corrected chi connectivity index (χ2v) is 5.34. The Labute approximate surface area is 153 Å². The third-order valence-corrected chi connectivity index (χ3v) is 2.11. The Morgan fingerprint density at radius 3 is 2.17 bits per heavy atom. The van der Waals surface area contributed by atoms with E-state index in [4.69, 9.17) is 15.6 Å². The van der Waals surface area contributed by atoms with Crippen LogP contribution in [0.25, 0.3) is 5.73 Å². The van der Waals surface area contributed by atoms with E-state index in [2.05, 4.69) is 12.1 Å². The van der Waals surface area contributed by atoms with Gasteiger partial charge in [0, 0.05) is 0 Å². The molecule has 0 bridgehead atoms. The monoisotopic (exact) mass is 275 g/mol. The molecule has 0 aliphatic carbocycles. The molecule has 1 saturated heterocycles. The van der Waals surface area contributed by atoms with Crippen LogP contribution in [-0.4, -0.2) is 29.5 Å². The summed E-state index contributed by atoms with van der Waals surface area (Å²) in [5.41, 5.74) is 8.43. The van der Waals surface area contributed by atoms with Crippen LogP contribution in [0, 0.1) is 0 Å². The summed E-state index contributed by atoms with van der Waals surface area (Å²) in [6.07, 6.45) is 1.01. The molecule has 18 heavy (non-hydrogen) atoms. The van der Waals surface area contributed by atoms with Gasteiger partial charge in [0.25, 0.3) is 0 Å². The summed E-state index contributed by atoms with van der Waals surface area (Å²) in [5, 5.41) is 8.52. The number of ether oxygens (including phenoxy) is 1. The number of aliphatic hydroxyl groups is 1. The van der Waals surface area contributed by atoms with Crippen LogP contribution in [0.15, 0.2) is 30.3 Å². The second-order valence-electron chi connectivity index (χ2n) is 5.34. The first-order chi connectivity index (χ1) is 7.86. The van der Waals surface area contributed by atoms with Gasteiger partial charge in [-0.05, 0) is 32.8 Å². The summed E-state index contributed by atoms with van der Waals surface area (Å²) in [4.78, 5) is 0. The molecule has 2 rings (SSSR count). The summed E-state index contributed by atoms with van der Waals surface area (Å²) < 4.78 is 5.05. The molecule has 1 aliphatic rings. The van der Waals surface area contributed by atoms with Crippen molar-refractivity contribution < 1.29 is 61.2 Å². The van der Waals surface area contributed by atoms with E-state index in [1.54, 1.807) is 20.8 Å². The van der Waals surface area contributed by atoms with Gasteiger partial charge in [0.15, 0.2) is 0 Å². The van der Waals surface area contributed by atoms with Crippen molar-refractivity contribution in [1.29, 1.82) is 0 Å². The van der Waals surface area contributed by atoms with Gasteiger partial charge in [-0.2, -0.15) is 0 Å². The van der Waals surface area contributed by atoms with Gasteiger partial charge in [0.1, 0.15) is 0 Å². The molecule has 1 aliphatic heterocycles. The number of nitrogens with one attached hydrogen (secondary N) is 1. The topological polar surface area (TPSA) is 56.6 Å². The van der Waals surface area contributed by atoms with Crippen LogP contribution in [0.3, 0.4) is 0 Å². The standard InChI is InChI=1S/C10H12NO.C4H10O.K/c11-9(10-7-12-10)6-8-4-2-1-3-5-8;1-4(2,3)5;/h1-5,9-11H,6-7H2;5H,1-3H3;/q-1;;+1. The predicted molar refractivity (Wildman–Crippen MR) is 70.0 cm³/mol. The molecule has 3 nitrogen and oxygen atoms in total. The van der Waals surface area contributed by atoms with E-state index in [0.29, 0.717) is 0 Å². The molecule has 1 aromatic carbocycles. The van der Waals surface area contributed by atoms with Crippen LogP contribution in [0.1, 0.15) is 26.3 Å². The van der Waals surface area contributed by atoms with Crippen LogP contribution < -0.4 is 51.4 Å². The molecule has 1 fully saturated rings. The van der Waals surface area contributed by atoms with Gasteiger partial charge in [-0.25, -0.2) is 0 Å². The maximum absolute atomic E-state index is 8.52. The van der Waals surface area contributed by atoms with E-state index < -0.39 is 5.60 Å². The molecule has 2 N–H and O–H groups in total. The van der Waals surface area contributed by atoms with Crippen LogP contribution >= 0.6 is 0 Å². The summed E-state index contributed by atoms with van der Waals surface area (Å²) in [5.74, 6) is 0. The van der Waals surface area contributed by atoms with Crippen LogP contribution in [0.4, 0.5) is 0 Å². The van der Waals surface area contributed by atoms with Crippen molar-refractivity contribution in [1.82, 2.24) is 0 Å². The van der Waals surface area contributed by atoms with E-state index >= 15 is 0 Å². The Morgan fingerprint density at radius 2 is 1.78 bits per heavy atom. The average Bonchev–Trinajstić information content (AvgIpc) is 2.99. The number of benzene rings is 1. The number of rotatable bonds is 3. The number of hydrogen-bond acceptors (Lipinski definition) is 2. The molecule has 0 aromatic heterocycles. The van der Waals surface area contributed by atoms with E-state index in [1.165, 1.54) is 5.56 Å². The van der Waals surface area contributed by atoms with Crippen molar-refractivity contribution in [3.8, 4) is 0 Å². The Kier molecular flexibility index (Phi) is 9.18. The van der Waals surface area contributed by atoms with E-state index in [9.17, 15) is 0 Å². The predicted octanol–water partition coefficient (Wildman–Crippen LogP) is -0.170. The van der Waals surface area contributed by atoms with E-state index in [1.807, 2.05) is 18.2 Å². The van der Waals surface area contributed by atoms with Gasteiger partial charge in [0.2, 0.25) is 0 Å². The smallest absolute Gasteiger partial charge is 0.672 e. The molecular formula is C14H22KNO2. The molecule has 1 aromatic rings. The van der Waals surface area contributed by atoms with Crippen LogP contribution in [0.2, 0.25) is 0 Å². The summed E-state index contributed by atoms with van der Waals surface area (Å²) in [6.45, 7) is 6.01. The third kappa shape index (κ3) is 10.6. The van der Waals surface area contributed by atoms with Gasteiger partial charge in [-0.15, -0.1) is 6.04 Å². The first-order valence-electron chi connectivity index (χ1n) is 5.95. The summed E-state index contributed by atoms with van der Waals surface area (Å²) in [7, 11) is 0. The van der Waals surface area contributed by atoms with Crippen molar-refractivity contribution >= 4 is 0 Å². The fourth-order valence-corrected chi connectivity index (χ4v) is 1.29. The minimum Gasteiger partial charge on any atom is -0.672 e. The van der Waals surface area contributed by atoms with E-state index in [-0.39, 0.29) is 63.5 Å². The van der Waals surface area contributed by atoms with Crippen molar-refractivity contribution in [2.45, 2.75) is 44.9 Å². The van der Waals surface area contributed by atoms with Crippen molar-refractivity contribution in [2.24, 2.45) is 0 Å². The minimum absolute atomic E-state index is 0. The van der Waals surface area contributed by atoms with Gasteiger partial charge >= 0.3 is 51.4 Å². The quantitative estimate of drug-likeness (QED) is 0.615. The second kappa shape index (κ2) is 8.82. The maximum atomic E-state index is 8.52. The fraction of sp³-hybridized carbons (Fsp3) is 0.571. The SMILES string of the molecule is CC(C)(C)O.[K+].[NH-]C(Cc1ccccc1)C1CO1. The van der Waals surface area contributed by atoms with Crippen molar-refractivity contribution in [2.75, 3.05) is 6.61 Å². The van der Waals surface area contributed by atoms with Crippen LogP contribution in [-0.2, 0) is 11.2 Å². The van der Waals surface area contributed by atoms with Gasteiger partial charge in [-0.3, -0.25) is 0 Å². The largest absolute Gasteiger partial charge is 1.00 e. The molecule has 96 valence electrons. The molecule has 0 radical (unpaired) electrons. The molecule has 0 spiro atoms. The maximum Gasteiger partial charge on any atom is 1.00 e. The third-order valence-electron chi connectivity index (χ3n) is 2.11. The number of hydrogen-bond donors (Lipinski definition) is 1. The molecule has 0 saturated carbocycles.